The van der Waals surface area contributed by atoms with Crippen LogP contribution in [0.1, 0.15) is 5.56 Å². The van der Waals surface area contributed by atoms with Gasteiger partial charge in [0.05, 0.1) is 0 Å². The lowest BCUT2D eigenvalue weighted by atomic mass is 10.2. The Morgan fingerprint density at radius 1 is 0.933 bits per heavy atom. The smallest absolute Gasteiger partial charge is 0.108 e. The lowest BCUT2D eigenvalue weighted by Gasteiger charge is -1.89. The van der Waals surface area contributed by atoms with Gasteiger partial charge >= 0.3 is 0 Å². The number of benzene rings is 1. The summed E-state index contributed by atoms with van der Waals surface area (Å²) in [6.07, 6.45) is 1.77. The molecule has 15 heavy (non-hydrogen) atoms. The second-order valence-corrected chi connectivity index (χ2v) is 3.69. The minimum atomic E-state index is 0.931. The minimum absolute atomic E-state index is 0.931. The summed E-state index contributed by atoms with van der Waals surface area (Å²) in [5, 5.41) is 3.95. The molecule has 0 aliphatic heterocycles. The van der Waals surface area contributed by atoms with Crippen molar-refractivity contribution < 1.29 is 0 Å². The zero-order valence-electron chi connectivity index (χ0n) is 8.05. The third-order valence-corrected chi connectivity index (χ3v) is 2.42. The van der Waals surface area contributed by atoms with E-state index in [-0.39, 0.29) is 0 Å². The molecule has 0 N–H and O–H groups in total. The average molecular weight is 211 g/mol. The fourth-order valence-corrected chi connectivity index (χ4v) is 1.60. The van der Waals surface area contributed by atoms with E-state index in [9.17, 15) is 0 Å². The predicted molar refractivity (Wildman–Crippen MR) is 63.4 cm³/mol. The van der Waals surface area contributed by atoms with Gasteiger partial charge in [-0.25, -0.2) is 4.98 Å². The van der Waals surface area contributed by atoms with E-state index in [2.05, 4.69) is 16.2 Å². The molecule has 2 rings (SSSR count). The molecule has 72 valence electrons. The van der Waals surface area contributed by atoms with Gasteiger partial charge < -0.3 is 0 Å². The van der Waals surface area contributed by atoms with Crippen LogP contribution in [-0.2, 0) is 0 Å². The highest BCUT2D eigenvalue weighted by molar-refractivity contribution is 8.03. The van der Waals surface area contributed by atoms with E-state index in [0.29, 0.717) is 0 Å². The molecule has 0 fully saturated rings. The molecule has 0 aliphatic carbocycles. The van der Waals surface area contributed by atoms with Crippen molar-refractivity contribution in [3.63, 3.8) is 0 Å². The number of nitrogens with zero attached hydrogens (tertiary/aromatic N) is 1. The van der Waals surface area contributed by atoms with Crippen LogP contribution >= 0.6 is 11.8 Å². The van der Waals surface area contributed by atoms with E-state index in [1.165, 1.54) is 11.8 Å². The first kappa shape index (κ1) is 9.82. The molecule has 0 amide bonds. The van der Waals surface area contributed by atoms with Crippen LogP contribution in [0.5, 0.6) is 0 Å². The first-order valence-corrected chi connectivity index (χ1v) is 5.41. The van der Waals surface area contributed by atoms with Gasteiger partial charge in [-0.05, 0) is 41.3 Å². The van der Waals surface area contributed by atoms with Crippen LogP contribution in [0, 0.1) is 11.2 Å². The molecule has 0 saturated carbocycles. The third-order valence-electron chi connectivity index (χ3n) is 1.76. The highest BCUT2D eigenvalue weighted by atomic mass is 32.2. The largest absolute Gasteiger partial charge is 0.249 e. The topological polar surface area (TPSA) is 12.9 Å². The van der Waals surface area contributed by atoms with E-state index < -0.39 is 0 Å². The van der Waals surface area contributed by atoms with Crippen molar-refractivity contribution >= 4 is 11.8 Å². The van der Waals surface area contributed by atoms with Crippen molar-refractivity contribution in [1.82, 2.24) is 4.98 Å². The SMILES string of the molecule is C(#Cc1ccccc1)Sc1ccccn1. The molecule has 0 saturated heterocycles. The van der Waals surface area contributed by atoms with E-state index in [1.54, 1.807) is 6.20 Å². The second-order valence-electron chi connectivity index (χ2n) is 2.86. The molecule has 1 heterocycles. The fraction of sp³-hybridized carbons (Fsp3) is 0. The van der Waals surface area contributed by atoms with Crippen LogP contribution in [0.4, 0.5) is 0 Å². The van der Waals surface area contributed by atoms with Gasteiger partial charge in [-0.15, -0.1) is 0 Å². The monoisotopic (exact) mass is 211 g/mol. The van der Waals surface area contributed by atoms with Crippen LogP contribution < -0.4 is 0 Å². The molecule has 0 spiro atoms. The van der Waals surface area contributed by atoms with Crippen molar-refractivity contribution in [2.75, 3.05) is 0 Å². The Hall–Kier alpha value is -1.72. The molecule has 2 aromatic rings. The number of pyridine rings is 1. The van der Waals surface area contributed by atoms with Gasteiger partial charge in [-0.2, -0.15) is 0 Å². The normalized spacial score (nSPS) is 9.07. The molecule has 0 atom stereocenters. The van der Waals surface area contributed by atoms with Gasteiger partial charge in [0.1, 0.15) is 5.03 Å². The van der Waals surface area contributed by atoms with E-state index in [0.717, 1.165) is 10.6 Å². The van der Waals surface area contributed by atoms with Gasteiger partial charge in [-0.1, -0.05) is 30.2 Å². The Kier molecular flexibility index (Phi) is 3.43. The van der Waals surface area contributed by atoms with E-state index >= 15 is 0 Å². The van der Waals surface area contributed by atoms with Gasteiger partial charge in [0, 0.05) is 11.8 Å². The van der Waals surface area contributed by atoms with Gasteiger partial charge in [0.15, 0.2) is 0 Å². The molecule has 1 aromatic carbocycles. The molecular formula is C13H9NS. The van der Waals surface area contributed by atoms with Gasteiger partial charge in [0.2, 0.25) is 0 Å². The molecule has 0 bridgehead atoms. The molecule has 2 heteroatoms. The quantitative estimate of drug-likeness (QED) is 0.531. The van der Waals surface area contributed by atoms with Crippen LogP contribution in [-0.4, -0.2) is 4.98 Å². The number of aromatic nitrogens is 1. The summed E-state index contributed by atoms with van der Waals surface area (Å²) in [5.41, 5.74) is 1.03. The van der Waals surface area contributed by atoms with E-state index in [1.807, 2.05) is 48.5 Å². The fourth-order valence-electron chi connectivity index (χ4n) is 1.07. The van der Waals surface area contributed by atoms with Crippen LogP contribution in [0.3, 0.4) is 0 Å². The predicted octanol–water partition coefficient (Wildman–Crippen LogP) is 3.18. The first-order chi connectivity index (χ1) is 7.45. The standard InChI is InChI=1S/C13H9NS/c1-2-6-12(7-3-1)9-11-15-13-8-4-5-10-14-13/h1-8,10H. The first-order valence-electron chi connectivity index (χ1n) is 4.59. The number of hydrogen-bond acceptors (Lipinski definition) is 2. The Morgan fingerprint density at radius 2 is 1.73 bits per heavy atom. The molecule has 0 unspecified atom stereocenters. The van der Waals surface area contributed by atoms with Crippen molar-refractivity contribution in [2.24, 2.45) is 0 Å². The highest BCUT2D eigenvalue weighted by Crippen LogP contribution is 2.11. The highest BCUT2D eigenvalue weighted by Gasteiger charge is 1.88. The molecule has 0 radical (unpaired) electrons. The maximum atomic E-state index is 4.17. The lowest BCUT2D eigenvalue weighted by Crippen LogP contribution is -1.73. The second kappa shape index (κ2) is 5.23. The van der Waals surface area contributed by atoms with Gasteiger partial charge in [0.25, 0.3) is 0 Å². The van der Waals surface area contributed by atoms with Crippen molar-refractivity contribution in [1.29, 1.82) is 0 Å². The minimum Gasteiger partial charge on any atom is -0.249 e. The average Bonchev–Trinajstić information content (AvgIpc) is 2.32. The maximum Gasteiger partial charge on any atom is 0.108 e. The number of rotatable bonds is 1. The number of hydrogen-bond donors (Lipinski definition) is 0. The lowest BCUT2D eigenvalue weighted by molar-refractivity contribution is 1.14. The third kappa shape index (κ3) is 3.16. The summed E-state index contributed by atoms with van der Waals surface area (Å²) in [7, 11) is 0. The molecule has 0 aliphatic rings. The number of thioether (sulfide) groups is 1. The Bertz CT molecular complexity index is 468. The van der Waals surface area contributed by atoms with Crippen LogP contribution in [0.2, 0.25) is 0 Å². The van der Waals surface area contributed by atoms with Crippen molar-refractivity contribution in [3.05, 3.63) is 60.3 Å². The molecular weight excluding hydrogens is 202 g/mol. The molecule has 1 nitrogen and oxygen atoms in total. The molecule has 1 aromatic heterocycles. The van der Waals surface area contributed by atoms with Crippen LogP contribution in [0.15, 0.2) is 59.8 Å². The summed E-state index contributed by atoms with van der Waals surface area (Å²) in [4.78, 5) is 4.17. The summed E-state index contributed by atoms with van der Waals surface area (Å²) in [5.74, 6) is 3.07. The Balaban J connectivity index is 2.03. The summed E-state index contributed by atoms with van der Waals surface area (Å²) >= 11 is 1.44. The maximum absolute atomic E-state index is 4.17. The van der Waals surface area contributed by atoms with Gasteiger partial charge in [-0.3, -0.25) is 0 Å². The summed E-state index contributed by atoms with van der Waals surface area (Å²) in [6, 6.07) is 15.7. The van der Waals surface area contributed by atoms with E-state index in [4.69, 9.17) is 0 Å². The summed E-state index contributed by atoms with van der Waals surface area (Å²) in [6.45, 7) is 0. The van der Waals surface area contributed by atoms with Crippen molar-refractivity contribution in [3.8, 4) is 11.2 Å². The Labute approximate surface area is 93.6 Å². The zero-order valence-corrected chi connectivity index (χ0v) is 8.87. The zero-order chi connectivity index (χ0) is 10.3. The Morgan fingerprint density at radius 3 is 2.47 bits per heavy atom. The summed E-state index contributed by atoms with van der Waals surface area (Å²) < 4.78 is 0. The van der Waals surface area contributed by atoms with Crippen molar-refractivity contribution in [2.45, 2.75) is 5.03 Å². The van der Waals surface area contributed by atoms with Crippen LogP contribution in [0.25, 0.3) is 0 Å².